The van der Waals surface area contributed by atoms with Gasteiger partial charge in [0.25, 0.3) is 5.56 Å². The van der Waals surface area contributed by atoms with Crippen molar-refractivity contribution in [1.29, 1.82) is 0 Å². The number of Topliss-reactive ketones (excluding diaryl/α,β-unsaturated/α-hetero) is 1. The average Bonchev–Trinajstić information content (AvgIpc) is 3.16. The fraction of sp³-hybridized carbons (Fsp3) is 0.292. The number of fused-ring (bicyclic) bond motifs is 1. The standard InChI is InChI=1S/C24H26N6O2/c1-16-13-26-20(9-5-8-17-6-3-2-4-7-17)23(32)30(16)15-19(31)11-10-18-12-21-22(27-14-18)29-24(25)28-21/h2-4,6-7,12-14H,5,8-11,15H2,1H3,(H3,25,27,28,29). The van der Waals surface area contributed by atoms with E-state index < -0.39 is 0 Å². The Bertz CT molecular complexity index is 1290. The highest BCUT2D eigenvalue weighted by atomic mass is 16.1. The summed E-state index contributed by atoms with van der Waals surface area (Å²) in [5.74, 6) is 0.300. The van der Waals surface area contributed by atoms with Crippen molar-refractivity contribution in [2.75, 3.05) is 5.73 Å². The minimum Gasteiger partial charge on any atom is -0.369 e. The number of hydrogen-bond acceptors (Lipinski definition) is 6. The fourth-order valence-corrected chi connectivity index (χ4v) is 3.72. The van der Waals surface area contributed by atoms with Crippen molar-refractivity contribution in [3.63, 3.8) is 0 Å². The zero-order valence-corrected chi connectivity index (χ0v) is 18.0. The number of nitrogens with one attached hydrogen (secondary N) is 1. The Morgan fingerprint density at radius 1 is 1.06 bits per heavy atom. The maximum Gasteiger partial charge on any atom is 0.272 e. The second-order valence-corrected chi connectivity index (χ2v) is 7.95. The Morgan fingerprint density at radius 2 is 1.88 bits per heavy atom. The van der Waals surface area contributed by atoms with Crippen molar-refractivity contribution in [3.05, 3.63) is 81.7 Å². The van der Waals surface area contributed by atoms with E-state index in [-0.39, 0.29) is 17.9 Å². The molecule has 3 heterocycles. The van der Waals surface area contributed by atoms with Gasteiger partial charge in [0, 0.05) is 24.5 Å². The lowest BCUT2D eigenvalue weighted by molar-refractivity contribution is -0.119. The molecule has 0 saturated carbocycles. The predicted molar refractivity (Wildman–Crippen MR) is 123 cm³/mol. The number of anilines is 1. The number of benzene rings is 1. The third-order valence-corrected chi connectivity index (χ3v) is 5.49. The van der Waals surface area contributed by atoms with E-state index in [4.69, 9.17) is 5.73 Å². The molecule has 3 N–H and O–H groups in total. The number of aromatic amines is 1. The summed E-state index contributed by atoms with van der Waals surface area (Å²) in [4.78, 5) is 41.1. The van der Waals surface area contributed by atoms with E-state index in [9.17, 15) is 9.59 Å². The Kier molecular flexibility index (Phi) is 6.39. The molecular formula is C24H26N6O2. The van der Waals surface area contributed by atoms with Crippen LogP contribution in [0.1, 0.15) is 35.4 Å². The third kappa shape index (κ3) is 5.08. The van der Waals surface area contributed by atoms with E-state index in [1.54, 1.807) is 19.3 Å². The lowest BCUT2D eigenvalue weighted by atomic mass is 10.1. The molecule has 32 heavy (non-hydrogen) atoms. The molecule has 0 aliphatic heterocycles. The highest BCUT2D eigenvalue weighted by molar-refractivity contribution is 5.79. The van der Waals surface area contributed by atoms with E-state index in [2.05, 4.69) is 32.1 Å². The Morgan fingerprint density at radius 3 is 2.69 bits per heavy atom. The van der Waals surface area contributed by atoms with Crippen LogP contribution in [0.25, 0.3) is 11.2 Å². The largest absolute Gasteiger partial charge is 0.369 e. The molecule has 0 aliphatic carbocycles. The molecule has 3 aromatic heterocycles. The van der Waals surface area contributed by atoms with Crippen LogP contribution in [-0.4, -0.2) is 30.3 Å². The van der Waals surface area contributed by atoms with Gasteiger partial charge in [-0.15, -0.1) is 0 Å². The molecule has 8 heteroatoms. The molecule has 1 aromatic carbocycles. The van der Waals surface area contributed by atoms with E-state index in [0.717, 1.165) is 23.9 Å². The number of rotatable bonds is 9. The number of carbonyl (C=O) groups excluding carboxylic acids is 1. The minimum atomic E-state index is -0.178. The maximum absolute atomic E-state index is 12.9. The number of nitrogens with two attached hydrogens (primary N) is 1. The monoisotopic (exact) mass is 430 g/mol. The lowest BCUT2D eigenvalue weighted by Crippen LogP contribution is -2.30. The SMILES string of the molecule is Cc1cnc(CCCc2ccccc2)c(=O)n1CC(=O)CCc1cnc2nc(N)[nH]c2c1. The smallest absolute Gasteiger partial charge is 0.272 e. The topological polar surface area (TPSA) is 120 Å². The molecule has 4 rings (SSSR count). The first-order valence-electron chi connectivity index (χ1n) is 10.7. The second kappa shape index (κ2) is 9.55. The molecule has 0 radical (unpaired) electrons. The lowest BCUT2D eigenvalue weighted by Gasteiger charge is -2.11. The summed E-state index contributed by atoms with van der Waals surface area (Å²) in [5, 5.41) is 0. The molecule has 0 atom stereocenters. The van der Waals surface area contributed by atoms with Crippen molar-refractivity contribution in [2.24, 2.45) is 0 Å². The number of nitrogens with zero attached hydrogens (tertiary/aromatic N) is 4. The van der Waals surface area contributed by atoms with E-state index in [1.165, 1.54) is 10.1 Å². The summed E-state index contributed by atoms with van der Waals surface area (Å²) in [5.41, 5.74) is 10.1. The van der Waals surface area contributed by atoms with Gasteiger partial charge in [0.05, 0.1) is 12.1 Å². The quantitative estimate of drug-likeness (QED) is 0.421. The van der Waals surface area contributed by atoms with Crippen LogP contribution >= 0.6 is 0 Å². The second-order valence-electron chi connectivity index (χ2n) is 7.95. The van der Waals surface area contributed by atoms with Crippen molar-refractivity contribution < 1.29 is 4.79 Å². The number of aromatic nitrogens is 5. The van der Waals surface area contributed by atoms with Gasteiger partial charge in [-0.2, -0.15) is 4.98 Å². The van der Waals surface area contributed by atoms with Gasteiger partial charge in [0.2, 0.25) is 0 Å². The molecule has 0 amide bonds. The molecule has 0 fully saturated rings. The van der Waals surface area contributed by atoms with Crippen LogP contribution in [-0.2, 0) is 30.6 Å². The van der Waals surface area contributed by atoms with Gasteiger partial charge in [-0.05, 0) is 49.8 Å². The van der Waals surface area contributed by atoms with Crippen molar-refractivity contribution in [3.8, 4) is 0 Å². The van der Waals surface area contributed by atoms with Crippen LogP contribution < -0.4 is 11.3 Å². The fourth-order valence-electron chi connectivity index (χ4n) is 3.72. The summed E-state index contributed by atoms with van der Waals surface area (Å²) < 4.78 is 1.53. The Labute approximate surface area is 185 Å². The van der Waals surface area contributed by atoms with Crippen LogP contribution in [0.3, 0.4) is 0 Å². The Hall–Kier alpha value is -3.81. The number of H-pyrrole nitrogens is 1. The Balaban J connectivity index is 1.37. The van der Waals surface area contributed by atoms with Gasteiger partial charge >= 0.3 is 0 Å². The van der Waals surface area contributed by atoms with E-state index in [1.807, 2.05) is 24.3 Å². The molecule has 0 saturated heterocycles. The third-order valence-electron chi connectivity index (χ3n) is 5.49. The molecular weight excluding hydrogens is 404 g/mol. The molecule has 4 aromatic rings. The summed E-state index contributed by atoms with van der Waals surface area (Å²) in [6.07, 6.45) is 6.52. The normalized spacial score (nSPS) is 11.2. The summed E-state index contributed by atoms with van der Waals surface area (Å²) in [6.45, 7) is 1.85. The van der Waals surface area contributed by atoms with Gasteiger partial charge < -0.3 is 15.3 Å². The van der Waals surface area contributed by atoms with E-state index in [0.29, 0.717) is 42.2 Å². The van der Waals surface area contributed by atoms with Gasteiger partial charge in [-0.1, -0.05) is 30.3 Å². The van der Waals surface area contributed by atoms with Crippen molar-refractivity contribution >= 4 is 22.9 Å². The minimum absolute atomic E-state index is 0.0131. The van der Waals surface area contributed by atoms with Crippen LogP contribution in [0.2, 0.25) is 0 Å². The van der Waals surface area contributed by atoms with Crippen molar-refractivity contribution in [1.82, 2.24) is 24.5 Å². The van der Waals surface area contributed by atoms with Gasteiger partial charge in [-0.3, -0.25) is 14.6 Å². The zero-order chi connectivity index (χ0) is 22.5. The first-order valence-corrected chi connectivity index (χ1v) is 10.7. The maximum atomic E-state index is 12.9. The zero-order valence-electron chi connectivity index (χ0n) is 18.0. The van der Waals surface area contributed by atoms with E-state index >= 15 is 0 Å². The highest BCUT2D eigenvalue weighted by Crippen LogP contribution is 2.13. The summed E-state index contributed by atoms with van der Waals surface area (Å²) in [6, 6.07) is 12.1. The number of ketones is 1. The summed E-state index contributed by atoms with van der Waals surface area (Å²) in [7, 11) is 0. The van der Waals surface area contributed by atoms with Crippen molar-refractivity contribution in [2.45, 2.75) is 45.6 Å². The van der Waals surface area contributed by atoms with Gasteiger partial charge in [-0.25, -0.2) is 4.98 Å². The first kappa shape index (κ1) is 21.4. The molecule has 0 aliphatic rings. The number of imidazole rings is 1. The number of pyridine rings is 1. The first-order chi connectivity index (χ1) is 15.5. The molecule has 164 valence electrons. The molecule has 0 unspecified atom stereocenters. The molecule has 0 bridgehead atoms. The van der Waals surface area contributed by atoms with Crippen LogP contribution in [0.5, 0.6) is 0 Å². The summed E-state index contributed by atoms with van der Waals surface area (Å²) >= 11 is 0. The highest BCUT2D eigenvalue weighted by Gasteiger charge is 2.12. The number of nitrogen functional groups attached to an aromatic ring is 1. The van der Waals surface area contributed by atoms with Crippen LogP contribution in [0, 0.1) is 6.92 Å². The average molecular weight is 431 g/mol. The van der Waals surface area contributed by atoms with Crippen LogP contribution in [0.4, 0.5) is 5.95 Å². The number of aryl methyl sites for hydroxylation is 4. The molecule has 0 spiro atoms. The number of carbonyl (C=O) groups is 1. The molecule has 8 nitrogen and oxygen atoms in total. The number of hydrogen-bond donors (Lipinski definition) is 2. The van der Waals surface area contributed by atoms with Crippen LogP contribution in [0.15, 0.2) is 53.6 Å². The van der Waals surface area contributed by atoms with Gasteiger partial charge in [0.15, 0.2) is 17.4 Å². The van der Waals surface area contributed by atoms with Gasteiger partial charge in [0.1, 0.15) is 5.69 Å². The predicted octanol–water partition coefficient (Wildman–Crippen LogP) is 2.78.